The molecule has 0 N–H and O–H groups in total. The van der Waals surface area contributed by atoms with Gasteiger partial charge in [0.1, 0.15) is 5.82 Å². The van der Waals surface area contributed by atoms with Gasteiger partial charge in [-0.2, -0.15) is 0 Å². The Labute approximate surface area is 195 Å². The predicted octanol–water partition coefficient (Wildman–Crippen LogP) is 7.28. The maximum absolute atomic E-state index is 5.07. The molecule has 3 nitrogen and oxygen atoms in total. The Morgan fingerprint density at radius 2 is 1.52 bits per heavy atom. The van der Waals surface area contributed by atoms with Crippen molar-refractivity contribution >= 4 is 5.57 Å². The van der Waals surface area contributed by atoms with Gasteiger partial charge in [-0.15, -0.1) is 0 Å². The van der Waals surface area contributed by atoms with Gasteiger partial charge in [-0.05, 0) is 48.6 Å². The van der Waals surface area contributed by atoms with Crippen molar-refractivity contribution in [2.75, 3.05) is 0 Å². The van der Waals surface area contributed by atoms with Crippen LogP contribution in [0.2, 0.25) is 0 Å². The van der Waals surface area contributed by atoms with Crippen LogP contribution in [-0.4, -0.2) is 15.0 Å². The van der Waals surface area contributed by atoms with Crippen molar-refractivity contribution in [2.24, 2.45) is 5.92 Å². The van der Waals surface area contributed by atoms with Crippen molar-refractivity contribution in [2.45, 2.75) is 26.2 Å². The fourth-order valence-corrected chi connectivity index (χ4v) is 4.32. The number of hydrogen-bond donors (Lipinski definition) is 0. The molecule has 0 radical (unpaired) electrons. The van der Waals surface area contributed by atoms with Gasteiger partial charge in [-0.3, -0.25) is 4.98 Å². The van der Waals surface area contributed by atoms with Gasteiger partial charge in [0, 0.05) is 17.7 Å². The summed E-state index contributed by atoms with van der Waals surface area (Å²) in [7, 11) is 0. The van der Waals surface area contributed by atoms with Gasteiger partial charge in [0.15, 0.2) is 0 Å². The summed E-state index contributed by atoms with van der Waals surface area (Å²) >= 11 is 0. The van der Waals surface area contributed by atoms with Crippen LogP contribution in [0.1, 0.15) is 36.2 Å². The number of aryl methyl sites for hydroxylation is 1. The zero-order chi connectivity index (χ0) is 22.6. The van der Waals surface area contributed by atoms with E-state index in [2.05, 4.69) is 97.7 Å². The van der Waals surface area contributed by atoms with Crippen LogP contribution in [0.3, 0.4) is 0 Å². The van der Waals surface area contributed by atoms with E-state index in [1.165, 1.54) is 16.7 Å². The molecule has 33 heavy (non-hydrogen) atoms. The predicted molar refractivity (Wildman–Crippen MR) is 136 cm³/mol. The molecule has 0 spiro atoms. The van der Waals surface area contributed by atoms with E-state index in [-0.39, 0.29) is 5.92 Å². The van der Waals surface area contributed by atoms with Crippen LogP contribution in [0.25, 0.3) is 28.2 Å². The third kappa shape index (κ3) is 4.68. The Morgan fingerprint density at radius 3 is 2.27 bits per heavy atom. The molecule has 2 aromatic carbocycles. The van der Waals surface area contributed by atoms with Crippen LogP contribution in [0.15, 0.2) is 103 Å². The Morgan fingerprint density at radius 1 is 0.758 bits per heavy atom. The molecular formula is C30H27N3. The van der Waals surface area contributed by atoms with Crippen molar-refractivity contribution in [1.82, 2.24) is 15.0 Å². The Kier molecular flexibility index (Phi) is 5.95. The van der Waals surface area contributed by atoms with Crippen LogP contribution in [0, 0.1) is 12.8 Å². The molecule has 2 unspecified atom stereocenters. The molecule has 162 valence electrons. The van der Waals surface area contributed by atoms with E-state index in [1.807, 2.05) is 24.4 Å². The molecule has 1 aliphatic carbocycles. The molecule has 1 aliphatic rings. The second-order valence-electron chi connectivity index (χ2n) is 8.67. The van der Waals surface area contributed by atoms with Crippen molar-refractivity contribution in [1.29, 1.82) is 0 Å². The minimum Gasteiger partial charge on any atom is -0.255 e. The first kappa shape index (κ1) is 21.0. The first-order chi connectivity index (χ1) is 16.2. The van der Waals surface area contributed by atoms with Crippen LogP contribution in [0.4, 0.5) is 0 Å². The van der Waals surface area contributed by atoms with Gasteiger partial charge < -0.3 is 0 Å². The highest BCUT2D eigenvalue weighted by Gasteiger charge is 2.24. The summed E-state index contributed by atoms with van der Waals surface area (Å²) in [5.74, 6) is 1.35. The molecule has 2 aromatic heterocycles. The number of rotatable bonds is 4. The number of pyridine rings is 1. The topological polar surface area (TPSA) is 38.7 Å². The van der Waals surface area contributed by atoms with E-state index < -0.39 is 0 Å². The average Bonchev–Trinajstić information content (AvgIpc) is 3.07. The van der Waals surface area contributed by atoms with E-state index >= 15 is 0 Å². The molecule has 3 heteroatoms. The van der Waals surface area contributed by atoms with Crippen LogP contribution in [0.5, 0.6) is 0 Å². The summed E-state index contributed by atoms with van der Waals surface area (Å²) in [6.07, 6.45) is 9.55. The first-order valence-corrected chi connectivity index (χ1v) is 11.5. The maximum Gasteiger partial charge on any atom is 0.133 e. The molecule has 0 saturated heterocycles. The number of nitrogens with zero attached hydrogens (tertiary/aromatic N) is 3. The molecule has 2 atom stereocenters. The lowest BCUT2D eigenvalue weighted by Gasteiger charge is -2.20. The number of allylic oxidation sites excluding steroid dienone is 4. The molecule has 0 bridgehead atoms. The minimum absolute atomic E-state index is 0.190. The summed E-state index contributed by atoms with van der Waals surface area (Å²) < 4.78 is 0. The molecule has 0 fully saturated rings. The van der Waals surface area contributed by atoms with Gasteiger partial charge in [0.2, 0.25) is 0 Å². The van der Waals surface area contributed by atoms with Crippen molar-refractivity contribution in [3.8, 4) is 22.6 Å². The highest BCUT2D eigenvalue weighted by molar-refractivity contribution is 5.74. The molecule has 0 amide bonds. The summed E-state index contributed by atoms with van der Waals surface area (Å²) in [4.78, 5) is 14.7. The zero-order valence-corrected chi connectivity index (χ0v) is 19.0. The minimum atomic E-state index is 0.190. The number of hydrogen-bond acceptors (Lipinski definition) is 3. The lowest BCUT2D eigenvalue weighted by Crippen LogP contribution is -2.12. The molecular weight excluding hydrogens is 402 g/mol. The number of benzene rings is 2. The summed E-state index contributed by atoms with van der Waals surface area (Å²) in [5.41, 5.74) is 7.50. The first-order valence-electron chi connectivity index (χ1n) is 11.5. The molecule has 2 heterocycles. The average molecular weight is 430 g/mol. The fraction of sp³-hybridized carbons (Fsp3) is 0.167. The Bertz CT molecular complexity index is 1290. The van der Waals surface area contributed by atoms with Gasteiger partial charge in [0.25, 0.3) is 0 Å². The Balaban J connectivity index is 1.58. The summed E-state index contributed by atoms with van der Waals surface area (Å²) in [6, 6.07) is 27.1. The lowest BCUT2D eigenvalue weighted by molar-refractivity contribution is 0.528. The lowest BCUT2D eigenvalue weighted by atomic mass is 9.89. The third-order valence-corrected chi connectivity index (χ3v) is 6.22. The Hall–Kier alpha value is -3.85. The largest absolute Gasteiger partial charge is 0.255 e. The van der Waals surface area contributed by atoms with Gasteiger partial charge in [0.05, 0.1) is 17.1 Å². The highest BCUT2D eigenvalue weighted by atomic mass is 14.9. The van der Waals surface area contributed by atoms with Crippen molar-refractivity contribution < 1.29 is 0 Å². The summed E-state index contributed by atoms with van der Waals surface area (Å²) in [5, 5.41) is 0. The van der Waals surface area contributed by atoms with E-state index in [4.69, 9.17) is 9.97 Å². The second-order valence-corrected chi connectivity index (χ2v) is 8.67. The second kappa shape index (κ2) is 9.33. The van der Waals surface area contributed by atoms with Crippen molar-refractivity contribution in [3.63, 3.8) is 0 Å². The van der Waals surface area contributed by atoms with Gasteiger partial charge in [-0.1, -0.05) is 91.4 Å². The van der Waals surface area contributed by atoms with Crippen LogP contribution in [-0.2, 0) is 0 Å². The van der Waals surface area contributed by atoms with E-state index in [1.54, 1.807) is 0 Å². The van der Waals surface area contributed by atoms with Gasteiger partial charge >= 0.3 is 0 Å². The van der Waals surface area contributed by atoms with E-state index in [0.717, 1.165) is 34.9 Å². The van der Waals surface area contributed by atoms with Gasteiger partial charge in [-0.25, -0.2) is 9.97 Å². The smallest absolute Gasteiger partial charge is 0.133 e. The van der Waals surface area contributed by atoms with Crippen LogP contribution >= 0.6 is 0 Å². The monoisotopic (exact) mass is 429 g/mol. The van der Waals surface area contributed by atoms with Crippen molar-refractivity contribution in [3.05, 3.63) is 120 Å². The summed E-state index contributed by atoms with van der Waals surface area (Å²) in [6.45, 7) is 4.37. The maximum atomic E-state index is 5.07. The van der Waals surface area contributed by atoms with E-state index in [0.29, 0.717) is 5.92 Å². The molecule has 5 rings (SSSR count). The van der Waals surface area contributed by atoms with Crippen LogP contribution < -0.4 is 0 Å². The third-order valence-electron chi connectivity index (χ3n) is 6.22. The quantitative estimate of drug-likeness (QED) is 0.342. The van der Waals surface area contributed by atoms with E-state index in [9.17, 15) is 0 Å². The molecule has 4 aromatic rings. The zero-order valence-electron chi connectivity index (χ0n) is 19.0. The fourth-order valence-electron chi connectivity index (χ4n) is 4.32. The molecule has 0 saturated carbocycles. The number of aromatic nitrogens is 3. The highest BCUT2D eigenvalue weighted by Crippen LogP contribution is 2.35. The SMILES string of the molecule is Cc1ccc(-c2cc(-c3ccccn3)nc(C3CC=CC(c4ccccc4)=CC3C)n2)cc1. The molecule has 0 aliphatic heterocycles. The normalized spacial score (nSPS) is 17.9. The standard InChI is InChI=1S/C30H27N3/c1-21-14-16-24(17-15-21)28-20-29(27-13-6-7-18-31-27)33-30(32-28)26-12-8-11-25(19-22(26)2)23-9-4-3-5-10-23/h3-11,13-20,22,26H,12H2,1-2H3.